The van der Waals surface area contributed by atoms with Crippen molar-refractivity contribution in [2.24, 2.45) is 0 Å². The molecule has 0 spiro atoms. The minimum Gasteiger partial charge on any atom is -0.382 e. The predicted octanol–water partition coefficient (Wildman–Crippen LogP) is 0.605. The summed E-state index contributed by atoms with van der Waals surface area (Å²) in [7, 11) is -7.99. The van der Waals surface area contributed by atoms with Crippen LogP contribution in [0.25, 0.3) is 11.3 Å². The van der Waals surface area contributed by atoms with Crippen molar-refractivity contribution in [1.29, 1.82) is 0 Å². The molecule has 1 heterocycles. The topological polar surface area (TPSA) is 123 Å². The third kappa shape index (κ3) is 3.05. The van der Waals surface area contributed by atoms with Crippen molar-refractivity contribution >= 4 is 25.5 Å². The van der Waals surface area contributed by atoms with Gasteiger partial charge in [0.2, 0.25) is 0 Å². The summed E-state index contributed by atoms with van der Waals surface area (Å²) >= 11 is 0. The van der Waals surface area contributed by atoms with E-state index in [1.807, 2.05) is 0 Å². The molecule has 10 heteroatoms. The highest BCUT2D eigenvalue weighted by Gasteiger charge is 2.26. The SMILES string of the molecule is CS(=O)(=O)c1cc(-c2cc(N)n[nH]2)cc(F)c1S(C)(=O)=O. The van der Waals surface area contributed by atoms with Crippen molar-refractivity contribution in [2.45, 2.75) is 9.79 Å². The van der Waals surface area contributed by atoms with Crippen LogP contribution >= 0.6 is 0 Å². The second kappa shape index (κ2) is 4.81. The van der Waals surface area contributed by atoms with Gasteiger partial charge in [0.25, 0.3) is 0 Å². The van der Waals surface area contributed by atoms with E-state index in [9.17, 15) is 21.2 Å². The number of hydrogen-bond donors (Lipinski definition) is 2. The maximum Gasteiger partial charge on any atom is 0.179 e. The molecule has 1 aromatic heterocycles. The van der Waals surface area contributed by atoms with Crippen molar-refractivity contribution in [3.05, 3.63) is 24.0 Å². The molecule has 0 fully saturated rings. The number of sulfone groups is 2. The van der Waals surface area contributed by atoms with Gasteiger partial charge in [-0.05, 0) is 12.1 Å². The number of hydrogen-bond acceptors (Lipinski definition) is 6. The van der Waals surface area contributed by atoms with Crippen LogP contribution < -0.4 is 5.73 Å². The highest BCUT2D eigenvalue weighted by molar-refractivity contribution is 7.93. The van der Waals surface area contributed by atoms with E-state index in [1.165, 1.54) is 6.07 Å². The van der Waals surface area contributed by atoms with Crippen LogP contribution in [0.1, 0.15) is 0 Å². The largest absolute Gasteiger partial charge is 0.382 e. The van der Waals surface area contributed by atoms with Crippen molar-refractivity contribution < 1.29 is 21.2 Å². The van der Waals surface area contributed by atoms with E-state index < -0.39 is 35.3 Å². The molecule has 0 bridgehead atoms. The van der Waals surface area contributed by atoms with E-state index in [0.29, 0.717) is 0 Å². The molecule has 0 saturated heterocycles. The fraction of sp³-hybridized carbons (Fsp3) is 0.182. The van der Waals surface area contributed by atoms with Crippen LogP contribution in [0.3, 0.4) is 0 Å². The van der Waals surface area contributed by atoms with Crippen molar-refractivity contribution in [1.82, 2.24) is 10.2 Å². The lowest BCUT2D eigenvalue weighted by molar-refractivity contribution is 0.555. The minimum atomic E-state index is -4.05. The second-order valence-electron chi connectivity index (χ2n) is 4.54. The van der Waals surface area contributed by atoms with Crippen LogP contribution in [0.5, 0.6) is 0 Å². The molecule has 7 nitrogen and oxygen atoms in total. The van der Waals surface area contributed by atoms with E-state index in [2.05, 4.69) is 10.2 Å². The summed E-state index contributed by atoms with van der Waals surface area (Å²) in [5.74, 6) is -1.01. The highest BCUT2D eigenvalue weighted by atomic mass is 32.2. The van der Waals surface area contributed by atoms with Gasteiger partial charge in [0.1, 0.15) is 16.5 Å². The molecule has 0 aliphatic heterocycles. The molecule has 0 atom stereocenters. The minimum absolute atomic E-state index is 0.129. The Labute approximate surface area is 120 Å². The zero-order valence-electron chi connectivity index (χ0n) is 11.1. The standard InChI is InChI=1S/C11H12FN3O4S2/c1-20(16,17)9-4-6(8-5-10(13)15-14-8)3-7(12)11(9)21(2,18)19/h3-5H,1-2H3,(H3,13,14,15). The Morgan fingerprint density at radius 2 is 1.71 bits per heavy atom. The van der Waals surface area contributed by atoms with Gasteiger partial charge in [-0.2, -0.15) is 5.10 Å². The number of nitrogens with one attached hydrogen (secondary N) is 1. The zero-order valence-corrected chi connectivity index (χ0v) is 12.7. The average Bonchev–Trinajstić information content (AvgIpc) is 2.72. The second-order valence-corrected chi connectivity index (χ2v) is 8.47. The van der Waals surface area contributed by atoms with Gasteiger partial charge in [-0.3, -0.25) is 5.10 Å². The normalized spacial score (nSPS) is 12.5. The summed E-state index contributed by atoms with van der Waals surface area (Å²) in [6.45, 7) is 0. The highest BCUT2D eigenvalue weighted by Crippen LogP contribution is 2.30. The third-order valence-corrected chi connectivity index (χ3v) is 5.10. The van der Waals surface area contributed by atoms with E-state index in [-0.39, 0.29) is 17.1 Å². The van der Waals surface area contributed by atoms with Crippen LogP contribution in [0, 0.1) is 5.82 Å². The van der Waals surface area contributed by atoms with E-state index in [1.54, 1.807) is 0 Å². The Bertz CT molecular complexity index is 917. The Morgan fingerprint density at radius 3 is 2.14 bits per heavy atom. The lowest BCUT2D eigenvalue weighted by atomic mass is 10.1. The smallest absolute Gasteiger partial charge is 0.179 e. The molecule has 114 valence electrons. The van der Waals surface area contributed by atoms with Gasteiger partial charge in [0, 0.05) is 24.1 Å². The molecule has 1 aromatic carbocycles. The Morgan fingerprint density at radius 1 is 1.10 bits per heavy atom. The van der Waals surface area contributed by atoms with Crippen LogP contribution in [-0.2, 0) is 19.7 Å². The van der Waals surface area contributed by atoms with Gasteiger partial charge in [0.05, 0.1) is 10.6 Å². The zero-order chi connectivity index (χ0) is 16.0. The summed E-state index contributed by atoms with van der Waals surface area (Å²) < 4.78 is 60.9. The fourth-order valence-corrected chi connectivity index (χ4v) is 4.37. The number of aromatic amines is 1. The van der Waals surface area contributed by atoms with Crippen molar-refractivity contribution in [2.75, 3.05) is 18.2 Å². The summed E-state index contributed by atoms with van der Waals surface area (Å²) in [5, 5.41) is 6.15. The fourth-order valence-electron chi connectivity index (χ4n) is 1.84. The Hall–Kier alpha value is -1.94. The molecular formula is C11H12FN3O4S2. The molecule has 0 amide bonds. The molecule has 0 aliphatic rings. The molecule has 2 aromatic rings. The summed E-state index contributed by atoms with van der Waals surface area (Å²) in [6.07, 6.45) is 1.55. The number of H-pyrrole nitrogens is 1. The first-order valence-electron chi connectivity index (χ1n) is 5.55. The number of nitrogens with zero attached hydrogens (tertiary/aromatic N) is 1. The summed E-state index contributed by atoms with van der Waals surface area (Å²) in [6, 6.07) is 3.36. The number of nitrogen functional groups attached to an aromatic ring is 1. The first-order chi connectivity index (χ1) is 9.50. The van der Waals surface area contributed by atoms with Crippen LogP contribution in [-0.4, -0.2) is 39.5 Å². The molecule has 0 aliphatic carbocycles. The average molecular weight is 333 g/mol. The number of aromatic nitrogens is 2. The lowest BCUT2D eigenvalue weighted by Gasteiger charge is -2.10. The Balaban J connectivity index is 2.85. The first kappa shape index (κ1) is 15.4. The van der Waals surface area contributed by atoms with Crippen LogP contribution in [0.15, 0.2) is 28.0 Å². The molecule has 0 saturated carbocycles. The third-order valence-electron chi connectivity index (χ3n) is 2.69. The van der Waals surface area contributed by atoms with Crippen LogP contribution in [0.2, 0.25) is 0 Å². The van der Waals surface area contributed by atoms with Gasteiger partial charge in [-0.25, -0.2) is 21.2 Å². The summed E-state index contributed by atoms with van der Waals surface area (Å²) in [5.41, 5.74) is 5.83. The Kier molecular flexibility index (Phi) is 3.54. The van der Waals surface area contributed by atoms with Gasteiger partial charge in [-0.1, -0.05) is 0 Å². The predicted molar refractivity (Wildman–Crippen MR) is 74.6 cm³/mol. The van der Waals surface area contributed by atoms with Crippen molar-refractivity contribution in [3.8, 4) is 11.3 Å². The number of benzene rings is 1. The van der Waals surface area contributed by atoms with Gasteiger partial charge in [-0.15, -0.1) is 0 Å². The van der Waals surface area contributed by atoms with Gasteiger partial charge >= 0.3 is 0 Å². The number of nitrogens with two attached hydrogens (primary N) is 1. The maximum absolute atomic E-state index is 14.1. The summed E-state index contributed by atoms with van der Waals surface area (Å²) in [4.78, 5) is -1.45. The molecule has 3 N–H and O–H groups in total. The van der Waals surface area contributed by atoms with Crippen molar-refractivity contribution in [3.63, 3.8) is 0 Å². The van der Waals surface area contributed by atoms with E-state index in [0.717, 1.165) is 24.6 Å². The number of rotatable bonds is 3. The molecular weight excluding hydrogens is 321 g/mol. The van der Waals surface area contributed by atoms with Gasteiger partial charge in [0.15, 0.2) is 19.7 Å². The molecule has 0 radical (unpaired) electrons. The van der Waals surface area contributed by atoms with E-state index >= 15 is 0 Å². The lowest BCUT2D eigenvalue weighted by Crippen LogP contribution is -2.10. The molecule has 21 heavy (non-hydrogen) atoms. The van der Waals surface area contributed by atoms with Crippen LogP contribution in [0.4, 0.5) is 10.2 Å². The molecule has 0 unspecified atom stereocenters. The molecule has 2 rings (SSSR count). The maximum atomic E-state index is 14.1. The van der Waals surface area contributed by atoms with Gasteiger partial charge < -0.3 is 5.73 Å². The number of halogens is 1. The number of anilines is 1. The monoisotopic (exact) mass is 333 g/mol. The quantitative estimate of drug-likeness (QED) is 0.848. The first-order valence-corrected chi connectivity index (χ1v) is 9.33. The van der Waals surface area contributed by atoms with E-state index in [4.69, 9.17) is 5.73 Å².